The summed E-state index contributed by atoms with van der Waals surface area (Å²) in [5, 5.41) is 4.43. The van der Waals surface area contributed by atoms with Crippen molar-refractivity contribution in [1.29, 1.82) is 0 Å². The molecule has 0 saturated carbocycles. The molecule has 3 heterocycles. The van der Waals surface area contributed by atoms with E-state index in [0.717, 1.165) is 67.5 Å². The Morgan fingerprint density at radius 2 is 1.45 bits per heavy atom. The van der Waals surface area contributed by atoms with Gasteiger partial charge in [-0.05, 0) is 87.0 Å². The van der Waals surface area contributed by atoms with Crippen molar-refractivity contribution in [2.45, 2.75) is 77.0 Å². The van der Waals surface area contributed by atoms with Crippen LogP contribution in [0.15, 0.2) is 89.7 Å². The van der Waals surface area contributed by atoms with Gasteiger partial charge in [0.1, 0.15) is 0 Å². The number of imidazole rings is 1. The minimum absolute atomic E-state index is 0.00999. The Labute approximate surface area is 267 Å². The molecule has 1 aromatic heterocycles. The standard InChI is InChI=1S/C37H47N5OS/c1-3-29-19-24-39(28(2)27-29)22-12-23-41-33-17-10-11-18-34(33)42(37(41)43)32-20-25-40(26-21-32)36(44)38-35(30-13-6-4-7-14-30)31-15-8-5-9-16-31/h4-11,13-18,28-29,32,35H,3,12,19-27H2,1-2H3,(H,38,44). The van der Waals surface area contributed by atoms with Crippen molar-refractivity contribution in [1.82, 2.24) is 24.3 Å². The molecule has 0 amide bonds. The van der Waals surface area contributed by atoms with Crippen LogP contribution in [0.25, 0.3) is 11.0 Å². The van der Waals surface area contributed by atoms with Crippen LogP contribution in [-0.4, -0.2) is 56.3 Å². The van der Waals surface area contributed by atoms with Gasteiger partial charge in [0, 0.05) is 38.3 Å². The van der Waals surface area contributed by atoms with E-state index < -0.39 is 0 Å². The van der Waals surface area contributed by atoms with Gasteiger partial charge in [0.05, 0.1) is 17.1 Å². The SMILES string of the molecule is CCC1CCN(CCCn2c(=O)n(C3CCN(C(=S)NC(c4ccccc4)c4ccccc4)CC3)c3ccccc32)C(C)C1. The summed E-state index contributed by atoms with van der Waals surface area (Å²) < 4.78 is 4.11. The molecule has 2 aliphatic rings. The highest BCUT2D eigenvalue weighted by Crippen LogP contribution is 2.28. The number of hydrogen-bond acceptors (Lipinski definition) is 3. The van der Waals surface area contributed by atoms with Gasteiger partial charge in [-0.25, -0.2) is 4.79 Å². The molecule has 6 nitrogen and oxygen atoms in total. The highest BCUT2D eigenvalue weighted by molar-refractivity contribution is 7.80. The second kappa shape index (κ2) is 14.1. The van der Waals surface area contributed by atoms with E-state index in [1.165, 1.54) is 36.9 Å². The predicted octanol–water partition coefficient (Wildman–Crippen LogP) is 7.00. The summed E-state index contributed by atoms with van der Waals surface area (Å²) in [6.07, 6.45) is 6.67. The Morgan fingerprint density at radius 1 is 0.841 bits per heavy atom. The predicted molar refractivity (Wildman–Crippen MR) is 185 cm³/mol. The average molecular weight is 610 g/mol. The third-order valence-corrected chi connectivity index (χ3v) is 10.4. The van der Waals surface area contributed by atoms with Crippen molar-refractivity contribution >= 4 is 28.4 Å². The summed E-state index contributed by atoms with van der Waals surface area (Å²) in [7, 11) is 0. The number of aryl methyl sites for hydroxylation is 1. The first kappa shape index (κ1) is 30.6. The average Bonchev–Trinajstić information content (AvgIpc) is 3.35. The summed E-state index contributed by atoms with van der Waals surface area (Å²) in [5.41, 5.74) is 4.63. The molecule has 0 aliphatic carbocycles. The fraction of sp³-hybridized carbons (Fsp3) is 0.459. The van der Waals surface area contributed by atoms with Gasteiger partial charge in [0.2, 0.25) is 0 Å². The van der Waals surface area contributed by atoms with Crippen molar-refractivity contribution < 1.29 is 0 Å². The van der Waals surface area contributed by atoms with Gasteiger partial charge in [0.15, 0.2) is 5.11 Å². The molecular formula is C37H47N5OS. The maximum absolute atomic E-state index is 14.0. The van der Waals surface area contributed by atoms with Gasteiger partial charge in [-0.3, -0.25) is 9.13 Å². The Morgan fingerprint density at radius 3 is 2.07 bits per heavy atom. The van der Waals surface area contributed by atoms with Gasteiger partial charge in [-0.1, -0.05) is 86.1 Å². The van der Waals surface area contributed by atoms with E-state index in [0.29, 0.717) is 6.04 Å². The quantitative estimate of drug-likeness (QED) is 0.207. The van der Waals surface area contributed by atoms with Crippen molar-refractivity contribution in [3.63, 3.8) is 0 Å². The third-order valence-electron chi connectivity index (χ3n) is 10.0. The first-order chi connectivity index (χ1) is 21.5. The fourth-order valence-electron chi connectivity index (χ4n) is 7.45. The number of rotatable bonds is 9. The van der Waals surface area contributed by atoms with Crippen LogP contribution in [0.2, 0.25) is 0 Å². The van der Waals surface area contributed by atoms with Crippen LogP contribution < -0.4 is 11.0 Å². The summed E-state index contributed by atoms with van der Waals surface area (Å²) >= 11 is 5.97. The minimum Gasteiger partial charge on any atom is -0.352 e. The number of aromatic nitrogens is 2. The van der Waals surface area contributed by atoms with Crippen molar-refractivity contribution in [3.05, 3.63) is 107 Å². The zero-order chi connectivity index (χ0) is 30.5. The molecule has 3 aromatic carbocycles. The smallest absolute Gasteiger partial charge is 0.329 e. The van der Waals surface area contributed by atoms with Crippen LogP contribution >= 0.6 is 12.2 Å². The van der Waals surface area contributed by atoms with E-state index in [-0.39, 0.29) is 17.8 Å². The van der Waals surface area contributed by atoms with Gasteiger partial charge >= 0.3 is 5.69 Å². The lowest BCUT2D eigenvalue weighted by Gasteiger charge is -2.37. The summed E-state index contributed by atoms with van der Waals surface area (Å²) in [6.45, 7) is 9.34. The van der Waals surface area contributed by atoms with Crippen LogP contribution in [0.3, 0.4) is 0 Å². The Bertz CT molecular complexity index is 1530. The van der Waals surface area contributed by atoms with E-state index in [2.05, 4.69) is 106 Å². The van der Waals surface area contributed by atoms with Crippen LogP contribution in [0, 0.1) is 5.92 Å². The van der Waals surface area contributed by atoms with E-state index in [9.17, 15) is 4.79 Å². The van der Waals surface area contributed by atoms with Crippen LogP contribution in [-0.2, 0) is 6.54 Å². The highest BCUT2D eigenvalue weighted by atomic mass is 32.1. The van der Waals surface area contributed by atoms with Crippen molar-refractivity contribution in [2.75, 3.05) is 26.2 Å². The molecular weight excluding hydrogens is 563 g/mol. The van der Waals surface area contributed by atoms with Gasteiger partial charge < -0.3 is 15.1 Å². The summed E-state index contributed by atoms with van der Waals surface area (Å²) in [5.74, 6) is 0.868. The van der Waals surface area contributed by atoms with Crippen molar-refractivity contribution in [3.8, 4) is 0 Å². The Hall–Kier alpha value is -3.42. The number of thiocarbonyl (C=S) groups is 1. The Kier molecular flexibility index (Phi) is 9.82. The lowest BCUT2D eigenvalue weighted by Crippen LogP contribution is -2.46. The molecule has 2 saturated heterocycles. The number of para-hydroxylation sites is 2. The lowest BCUT2D eigenvalue weighted by atomic mass is 9.89. The maximum Gasteiger partial charge on any atom is 0.329 e. The largest absolute Gasteiger partial charge is 0.352 e. The van der Waals surface area contributed by atoms with Crippen LogP contribution in [0.5, 0.6) is 0 Å². The number of fused-ring (bicyclic) bond motifs is 1. The number of likely N-dealkylation sites (tertiary alicyclic amines) is 2. The molecule has 4 aromatic rings. The summed E-state index contributed by atoms with van der Waals surface area (Å²) in [6, 6.07) is 30.1. The number of nitrogens with zero attached hydrogens (tertiary/aromatic N) is 4. The summed E-state index contributed by atoms with van der Waals surface area (Å²) in [4.78, 5) is 18.9. The molecule has 6 rings (SSSR count). The molecule has 44 heavy (non-hydrogen) atoms. The van der Waals surface area contributed by atoms with E-state index in [4.69, 9.17) is 12.2 Å². The van der Waals surface area contributed by atoms with Crippen LogP contribution in [0.4, 0.5) is 0 Å². The number of nitrogens with one attached hydrogen (secondary N) is 1. The van der Waals surface area contributed by atoms with Gasteiger partial charge in [-0.15, -0.1) is 0 Å². The number of benzene rings is 3. The first-order valence-corrected chi connectivity index (χ1v) is 17.0. The molecule has 232 valence electrons. The minimum atomic E-state index is -0.00999. The molecule has 2 fully saturated rings. The molecule has 0 bridgehead atoms. The van der Waals surface area contributed by atoms with E-state index in [1.54, 1.807) is 0 Å². The maximum atomic E-state index is 14.0. The number of hydrogen-bond donors (Lipinski definition) is 1. The zero-order valence-corrected chi connectivity index (χ0v) is 27.1. The molecule has 7 heteroatoms. The molecule has 2 aliphatic heterocycles. The molecule has 0 spiro atoms. The van der Waals surface area contributed by atoms with E-state index in [1.807, 2.05) is 16.7 Å². The Balaban J connectivity index is 1.11. The third kappa shape index (κ3) is 6.64. The van der Waals surface area contributed by atoms with E-state index >= 15 is 0 Å². The molecule has 2 unspecified atom stereocenters. The zero-order valence-electron chi connectivity index (χ0n) is 26.3. The van der Waals surface area contributed by atoms with Gasteiger partial charge in [0.25, 0.3) is 0 Å². The topological polar surface area (TPSA) is 45.4 Å². The monoisotopic (exact) mass is 609 g/mol. The normalized spacial score (nSPS) is 19.9. The lowest BCUT2D eigenvalue weighted by molar-refractivity contribution is 0.118. The second-order valence-corrected chi connectivity index (χ2v) is 13.1. The van der Waals surface area contributed by atoms with Gasteiger partial charge in [-0.2, -0.15) is 0 Å². The number of piperidine rings is 2. The molecule has 0 radical (unpaired) electrons. The van der Waals surface area contributed by atoms with Crippen molar-refractivity contribution in [2.24, 2.45) is 5.92 Å². The highest BCUT2D eigenvalue weighted by Gasteiger charge is 2.28. The van der Waals surface area contributed by atoms with Crippen LogP contribution in [0.1, 0.15) is 75.6 Å². The fourth-order valence-corrected chi connectivity index (χ4v) is 7.75. The first-order valence-electron chi connectivity index (χ1n) is 16.6. The molecule has 1 N–H and O–H groups in total. The second-order valence-electron chi connectivity index (χ2n) is 12.8. The molecule has 2 atom stereocenters.